The Bertz CT molecular complexity index is 702. The fourth-order valence-corrected chi connectivity index (χ4v) is 3.46. The van der Waals surface area contributed by atoms with E-state index in [4.69, 9.17) is 17.0 Å². The SMILES string of the molecule is Cc1ccc(OC(C)C(=O)NNC(=S)NC(=O)CCC2CCCCC2)cc1C. The molecule has 1 unspecified atom stereocenters. The standard InChI is InChI=1S/C21H31N3O3S/c1-14-9-11-18(13-15(14)2)27-16(3)20(26)23-24-21(28)22-19(25)12-10-17-7-5-4-6-8-17/h9,11,13,16-17H,4-8,10,12H2,1-3H3,(H,23,26)(H2,22,24,25,28). The van der Waals surface area contributed by atoms with Crippen LogP contribution in [0.3, 0.4) is 0 Å². The first kappa shape index (κ1) is 22.1. The minimum atomic E-state index is -0.709. The van der Waals surface area contributed by atoms with Crippen LogP contribution < -0.4 is 20.9 Å². The van der Waals surface area contributed by atoms with Crippen LogP contribution in [0.2, 0.25) is 0 Å². The van der Waals surface area contributed by atoms with Crippen LogP contribution in [0.15, 0.2) is 18.2 Å². The van der Waals surface area contributed by atoms with Gasteiger partial charge < -0.3 is 10.1 Å². The number of aryl methyl sites for hydroxylation is 2. The van der Waals surface area contributed by atoms with E-state index in [1.165, 1.54) is 32.1 Å². The van der Waals surface area contributed by atoms with Gasteiger partial charge in [-0.15, -0.1) is 0 Å². The topological polar surface area (TPSA) is 79.5 Å². The lowest BCUT2D eigenvalue weighted by Gasteiger charge is -2.21. The maximum Gasteiger partial charge on any atom is 0.279 e. The van der Waals surface area contributed by atoms with E-state index < -0.39 is 6.10 Å². The van der Waals surface area contributed by atoms with E-state index in [-0.39, 0.29) is 16.9 Å². The Hall–Kier alpha value is -2.15. The highest BCUT2D eigenvalue weighted by Gasteiger charge is 2.17. The van der Waals surface area contributed by atoms with Crippen molar-refractivity contribution in [2.75, 3.05) is 0 Å². The lowest BCUT2D eigenvalue weighted by atomic mass is 9.86. The van der Waals surface area contributed by atoms with Gasteiger partial charge in [-0.2, -0.15) is 0 Å². The van der Waals surface area contributed by atoms with Gasteiger partial charge in [0.2, 0.25) is 5.91 Å². The molecule has 6 nitrogen and oxygen atoms in total. The maximum absolute atomic E-state index is 12.2. The molecule has 0 radical (unpaired) electrons. The highest BCUT2D eigenvalue weighted by Crippen LogP contribution is 2.27. The number of thiocarbonyl (C=S) groups is 1. The van der Waals surface area contributed by atoms with Gasteiger partial charge in [0.15, 0.2) is 11.2 Å². The van der Waals surface area contributed by atoms with Crippen molar-refractivity contribution in [3.8, 4) is 5.75 Å². The summed E-state index contributed by atoms with van der Waals surface area (Å²) in [7, 11) is 0. The van der Waals surface area contributed by atoms with Gasteiger partial charge in [-0.1, -0.05) is 38.2 Å². The van der Waals surface area contributed by atoms with Crippen molar-refractivity contribution in [3.05, 3.63) is 29.3 Å². The molecule has 0 heterocycles. The number of rotatable bonds is 6. The fourth-order valence-electron chi connectivity index (χ4n) is 3.30. The zero-order valence-corrected chi connectivity index (χ0v) is 17.8. The van der Waals surface area contributed by atoms with Gasteiger partial charge in [-0.3, -0.25) is 20.4 Å². The number of hydrogen-bond acceptors (Lipinski definition) is 4. The van der Waals surface area contributed by atoms with Crippen molar-refractivity contribution in [3.63, 3.8) is 0 Å². The van der Waals surface area contributed by atoms with Crippen LogP contribution in [0.5, 0.6) is 5.75 Å². The van der Waals surface area contributed by atoms with Crippen molar-refractivity contribution in [2.24, 2.45) is 5.92 Å². The number of hydrazine groups is 1. The van der Waals surface area contributed by atoms with Crippen LogP contribution in [0.1, 0.15) is 63.0 Å². The molecule has 1 fully saturated rings. The summed E-state index contributed by atoms with van der Waals surface area (Å²) in [5, 5.41) is 2.69. The molecule has 1 aromatic rings. The number of carbonyl (C=O) groups excluding carboxylic acids is 2. The van der Waals surface area contributed by atoms with Gasteiger partial charge in [0, 0.05) is 6.42 Å². The summed E-state index contributed by atoms with van der Waals surface area (Å²) >= 11 is 5.07. The second-order valence-corrected chi connectivity index (χ2v) is 7.95. The second kappa shape index (κ2) is 11.0. The van der Waals surface area contributed by atoms with Crippen LogP contribution in [-0.2, 0) is 9.59 Å². The Labute approximate surface area is 172 Å². The fraction of sp³-hybridized carbons (Fsp3) is 0.571. The first-order valence-corrected chi connectivity index (χ1v) is 10.4. The largest absolute Gasteiger partial charge is 0.481 e. The Morgan fingerprint density at radius 1 is 1.14 bits per heavy atom. The van der Waals surface area contributed by atoms with Crippen molar-refractivity contribution in [2.45, 2.75) is 71.8 Å². The molecule has 0 saturated heterocycles. The predicted molar refractivity (Wildman–Crippen MR) is 114 cm³/mol. The monoisotopic (exact) mass is 405 g/mol. The van der Waals surface area contributed by atoms with Crippen molar-refractivity contribution < 1.29 is 14.3 Å². The number of amides is 2. The third-order valence-electron chi connectivity index (χ3n) is 5.22. The average molecular weight is 406 g/mol. The number of benzene rings is 1. The van der Waals surface area contributed by atoms with Crippen LogP contribution in [0.4, 0.5) is 0 Å². The third-order valence-corrected chi connectivity index (χ3v) is 5.42. The first-order valence-electron chi connectivity index (χ1n) is 9.98. The Balaban J connectivity index is 1.66. The van der Waals surface area contributed by atoms with Gasteiger partial charge in [0.25, 0.3) is 5.91 Å². The smallest absolute Gasteiger partial charge is 0.279 e. The zero-order valence-electron chi connectivity index (χ0n) is 17.0. The van der Waals surface area contributed by atoms with Gasteiger partial charge in [0.05, 0.1) is 0 Å². The summed E-state index contributed by atoms with van der Waals surface area (Å²) in [6.07, 6.45) is 6.89. The Morgan fingerprint density at radius 2 is 1.86 bits per heavy atom. The van der Waals surface area contributed by atoms with Crippen molar-refractivity contribution in [1.29, 1.82) is 0 Å². The molecule has 7 heteroatoms. The molecular formula is C21H31N3O3S. The normalized spacial score (nSPS) is 15.4. The lowest BCUT2D eigenvalue weighted by molar-refractivity contribution is -0.128. The number of nitrogens with one attached hydrogen (secondary N) is 3. The first-order chi connectivity index (χ1) is 13.3. The number of hydrogen-bond donors (Lipinski definition) is 3. The molecule has 2 rings (SSSR count). The van der Waals surface area contributed by atoms with E-state index in [1.54, 1.807) is 6.92 Å². The molecule has 0 aliphatic heterocycles. The molecule has 1 aromatic carbocycles. The van der Waals surface area contributed by atoms with Crippen LogP contribution >= 0.6 is 12.2 Å². The van der Waals surface area contributed by atoms with E-state index in [2.05, 4.69) is 16.2 Å². The second-order valence-electron chi connectivity index (χ2n) is 7.54. The van der Waals surface area contributed by atoms with Crippen LogP contribution in [-0.4, -0.2) is 23.0 Å². The quantitative estimate of drug-likeness (QED) is 0.499. The van der Waals surface area contributed by atoms with Gasteiger partial charge in [-0.25, -0.2) is 0 Å². The lowest BCUT2D eigenvalue weighted by Crippen LogP contribution is -2.51. The Kier molecular flexibility index (Phi) is 8.70. The van der Waals surface area contributed by atoms with E-state index in [9.17, 15) is 9.59 Å². The third kappa shape index (κ3) is 7.46. The molecule has 0 bridgehead atoms. The summed E-state index contributed by atoms with van der Waals surface area (Å²) < 4.78 is 5.65. The average Bonchev–Trinajstić information content (AvgIpc) is 2.68. The van der Waals surface area contributed by atoms with Gasteiger partial charge in [-0.05, 0) is 68.6 Å². The molecule has 2 amide bonds. The summed E-state index contributed by atoms with van der Waals surface area (Å²) in [4.78, 5) is 24.1. The molecule has 1 saturated carbocycles. The molecular weight excluding hydrogens is 374 g/mol. The van der Waals surface area contributed by atoms with E-state index in [1.807, 2.05) is 32.0 Å². The molecule has 1 aliphatic rings. The van der Waals surface area contributed by atoms with Crippen molar-refractivity contribution in [1.82, 2.24) is 16.2 Å². The molecule has 1 atom stereocenters. The Morgan fingerprint density at radius 3 is 2.54 bits per heavy atom. The minimum Gasteiger partial charge on any atom is -0.481 e. The number of carbonyl (C=O) groups is 2. The molecule has 1 aliphatic carbocycles. The summed E-state index contributed by atoms with van der Waals surface area (Å²) in [5.41, 5.74) is 7.29. The predicted octanol–water partition coefficient (Wildman–Crippen LogP) is 3.45. The highest BCUT2D eigenvalue weighted by molar-refractivity contribution is 7.80. The highest BCUT2D eigenvalue weighted by atomic mass is 32.1. The van der Waals surface area contributed by atoms with Gasteiger partial charge in [0.1, 0.15) is 5.75 Å². The van der Waals surface area contributed by atoms with Gasteiger partial charge >= 0.3 is 0 Å². The summed E-state index contributed by atoms with van der Waals surface area (Å²) in [6.45, 7) is 5.66. The summed E-state index contributed by atoms with van der Waals surface area (Å²) in [6, 6.07) is 5.67. The zero-order chi connectivity index (χ0) is 20.5. The van der Waals surface area contributed by atoms with E-state index in [0.717, 1.165) is 17.5 Å². The van der Waals surface area contributed by atoms with Crippen LogP contribution in [0.25, 0.3) is 0 Å². The van der Waals surface area contributed by atoms with E-state index in [0.29, 0.717) is 18.1 Å². The van der Waals surface area contributed by atoms with Crippen molar-refractivity contribution >= 4 is 29.1 Å². The molecule has 3 N–H and O–H groups in total. The number of ether oxygens (including phenoxy) is 1. The molecule has 0 aromatic heterocycles. The summed E-state index contributed by atoms with van der Waals surface area (Å²) in [5.74, 6) is 0.766. The molecule has 0 spiro atoms. The molecule has 154 valence electrons. The maximum atomic E-state index is 12.2. The minimum absolute atomic E-state index is 0.0837. The molecule has 28 heavy (non-hydrogen) atoms. The van der Waals surface area contributed by atoms with E-state index >= 15 is 0 Å². The van der Waals surface area contributed by atoms with Crippen LogP contribution in [0, 0.1) is 19.8 Å².